The second-order valence-corrected chi connectivity index (χ2v) is 9.03. The van der Waals surface area contributed by atoms with Gasteiger partial charge in [0.05, 0.1) is 29.7 Å². The van der Waals surface area contributed by atoms with Gasteiger partial charge in [0, 0.05) is 19.3 Å². The van der Waals surface area contributed by atoms with Crippen LogP contribution in [0.5, 0.6) is 0 Å². The highest BCUT2D eigenvalue weighted by atomic mass is 32.2. The Kier molecular flexibility index (Phi) is 5.10. The van der Waals surface area contributed by atoms with E-state index in [4.69, 9.17) is 9.47 Å². The van der Waals surface area contributed by atoms with Gasteiger partial charge in [0.25, 0.3) is 0 Å². The number of sulfone groups is 1. The minimum absolute atomic E-state index is 0.0529. The van der Waals surface area contributed by atoms with E-state index in [9.17, 15) is 8.42 Å². The Labute approximate surface area is 122 Å². The number of hydrogen-bond donors (Lipinski definition) is 1. The van der Waals surface area contributed by atoms with Crippen molar-refractivity contribution in [2.75, 3.05) is 26.0 Å². The molecule has 0 aromatic rings. The molecule has 6 heteroatoms. The molecule has 3 atom stereocenters. The molecule has 2 aliphatic rings. The van der Waals surface area contributed by atoms with E-state index in [0.29, 0.717) is 13.0 Å². The van der Waals surface area contributed by atoms with Gasteiger partial charge in [-0.1, -0.05) is 0 Å². The second kappa shape index (κ2) is 6.30. The fraction of sp³-hybridized carbons (Fsp3) is 1.00. The third-order valence-corrected chi connectivity index (χ3v) is 5.75. The fourth-order valence-corrected chi connectivity index (χ4v) is 4.21. The van der Waals surface area contributed by atoms with E-state index in [2.05, 4.69) is 19.2 Å². The van der Waals surface area contributed by atoms with Crippen LogP contribution >= 0.6 is 0 Å². The average Bonchev–Trinajstić information content (AvgIpc) is 2.35. The molecule has 1 heterocycles. The largest absolute Gasteiger partial charge is 0.375 e. The van der Waals surface area contributed by atoms with Gasteiger partial charge in [0.2, 0.25) is 0 Å². The van der Waals surface area contributed by atoms with Crippen LogP contribution in [0.1, 0.15) is 39.5 Å². The van der Waals surface area contributed by atoms with Crippen LogP contribution in [0.15, 0.2) is 0 Å². The third-order valence-electron chi connectivity index (χ3n) is 4.11. The maximum Gasteiger partial charge on any atom is 0.150 e. The van der Waals surface area contributed by atoms with Crippen molar-refractivity contribution in [3.05, 3.63) is 0 Å². The van der Waals surface area contributed by atoms with Gasteiger partial charge in [-0.2, -0.15) is 0 Å². The maximum absolute atomic E-state index is 11.6. The van der Waals surface area contributed by atoms with Gasteiger partial charge in [0.1, 0.15) is 9.84 Å². The predicted molar refractivity (Wildman–Crippen MR) is 78.7 cm³/mol. The lowest BCUT2D eigenvalue weighted by Gasteiger charge is -2.37. The Morgan fingerprint density at radius 1 is 1.35 bits per heavy atom. The van der Waals surface area contributed by atoms with Crippen LogP contribution in [0.3, 0.4) is 0 Å². The molecule has 0 amide bonds. The zero-order valence-electron chi connectivity index (χ0n) is 12.7. The van der Waals surface area contributed by atoms with E-state index in [1.54, 1.807) is 0 Å². The van der Waals surface area contributed by atoms with Gasteiger partial charge in [-0.05, 0) is 39.5 Å². The Morgan fingerprint density at radius 2 is 2.10 bits per heavy atom. The highest BCUT2D eigenvalue weighted by molar-refractivity contribution is 7.91. The summed E-state index contributed by atoms with van der Waals surface area (Å²) in [6.07, 6.45) is 4.72. The van der Waals surface area contributed by atoms with Gasteiger partial charge in [0.15, 0.2) is 0 Å². The molecular formula is C14H27NO4S. The summed E-state index contributed by atoms with van der Waals surface area (Å²) in [5.74, 6) is 0. The standard InChI is InChI=1S/C14H27NO4S/c1-14(2)10-15-8-12(19-14)9-18-11-5-4-6-13(7-11)20(3,16)17/h11-13,15H,4-10H2,1-3H3. The van der Waals surface area contributed by atoms with Crippen LogP contribution in [-0.2, 0) is 19.3 Å². The SMILES string of the molecule is CC1(C)CNCC(COC2CCCC(S(C)(=O)=O)C2)O1. The summed E-state index contributed by atoms with van der Waals surface area (Å²) in [7, 11) is -2.94. The van der Waals surface area contributed by atoms with Crippen molar-refractivity contribution in [3.63, 3.8) is 0 Å². The smallest absolute Gasteiger partial charge is 0.150 e. The van der Waals surface area contributed by atoms with E-state index >= 15 is 0 Å². The summed E-state index contributed by atoms with van der Waals surface area (Å²) in [4.78, 5) is 0. The van der Waals surface area contributed by atoms with Gasteiger partial charge >= 0.3 is 0 Å². The van der Waals surface area contributed by atoms with Crippen molar-refractivity contribution in [2.24, 2.45) is 0 Å². The van der Waals surface area contributed by atoms with Crippen LogP contribution in [-0.4, -0.2) is 57.4 Å². The van der Waals surface area contributed by atoms with Gasteiger partial charge in [-0.25, -0.2) is 8.42 Å². The molecule has 3 unspecified atom stereocenters. The summed E-state index contributed by atoms with van der Waals surface area (Å²) in [5, 5.41) is 3.11. The Morgan fingerprint density at radius 3 is 2.75 bits per heavy atom. The molecule has 0 aromatic carbocycles. The Balaban J connectivity index is 1.79. The van der Waals surface area contributed by atoms with Crippen molar-refractivity contribution in [2.45, 2.75) is 62.6 Å². The number of ether oxygens (including phenoxy) is 2. The summed E-state index contributed by atoms with van der Waals surface area (Å²) >= 11 is 0. The molecular weight excluding hydrogens is 278 g/mol. The molecule has 0 bridgehead atoms. The zero-order valence-corrected chi connectivity index (χ0v) is 13.5. The van der Waals surface area contributed by atoms with Crippen LogP contribution in [0.4, 0.5) is 0 Å². The molecule has 0 radical (unpaired) electrons. The molecule has 1 aliphatic heterocycles. The van der Waals surface area contributed by atoms with E-state index in [0.717, 1.165) is 32.4 Å². The highest BCUT2D eigenvalue weighted by Crippen LogP contribution is 2.26. The molecule has 118 valence electrons. The van der Waals surface area contributed by atoms with Crippen molar-refractivity contribution in [1.29, 1.82) is 0 Å². The van der Waals surface area contributed by atoms with Crippen molar-refractivity contribution < 1.29 is 17.9 Å². The molecule has 0 spiro atoms. The number of rotatable bonds is 4. The van der Waals surface area contributed by atoms with Gasteiger partial charge in [-0.15, -0.1) is 0 Å². The number of hydrogen-bond acceptors (Lipinski definition) is 5. The number of morpholine rings is 1. The van der Waals surface area contributed by atoms with Gasteiger partial charge < -0.3 is 14.8 Å². The first kappa shape index (κ1) is 16.2. The minimum atomic E-state index is -2.94. The van der Waals surface area contributed by atoms with Crippen molar-refractivity contribution in [3.8, 4) is 0 Å². The lowest BCUT2D eigenvalue weighted by Crippen LogP contribution is -2.52. The normalized spacial score (nSPS) is 34.9. The monoisotopic (exact) mass is 305 g/mol. The molecule has 2 fully saturated rings. The molecule has 20 heavy (non-hydrogen) atoms. The highest BCUT2D eigenvalue weighted by Gasteiger charge is 2.32. The topological polar surface area (TPSA) is 64.6 Å². The first-order chi connectivity index (χ1) is 9.26. The molecule has 1 saturated heterocycles. The summed E-state index contributed by atoms with van der Waals surface area (Å²) < 4.78 is 35.1. The van der Waals surface area contributed by atoms with Crippen LogP contribution in [0.25, 0.3) is 0 Å². The quantitative estimate of drug-likeness (QED) is 0.843. The third kappa shape index (κ3) is 4.69. The summed E-state index contributed by atoms with van der Waals surface area (Å²) in [5.41, 5.74) is -0.159. The molecule has 1 aliphatic carbocycles. The first-order valence-electron chi connectivity index (χ1n) is 7.45. The fourth-order valence-electron chi connectivity index (χ4n) is 3.05. The molecule has 1 saturated carbocycles. The Hall–Kier alpha value is -0.170. The molecule has 5 nitrogen and oxygen atoms in total. The van der Waals surface area contributed by atoms with E-state index in [1.807, 2.05) is 0 Å². The van der Waals surface area contributed by atoms with E-state index in [-0.39, 0.29) is 23.1 Å². The van der Waals surface area contributed by atoms with Crippen molar-refractivity contribution in [1.82, 2.24) is 5.32 Å². The number of nitrogens with one attached hydrogen (secondary N) is 1. The minimum Gasteiger partial charge on any atom is -0.375 e. The van der Waals surface area contributed by atoms with Gasteiger partial charge in [-0.3, -0.25) is 0 Å². The Bertz CT molecular complexity index is 421. The predicted octanol–water partition coefficient (Wildman–Crippen LogP) is 1.13. The zero-order chi connectivity index (χ0) is 14.8. The van der Waals surface area contributed by atoms with Crippen LogP contribution in [0.2, 0.25) is 0 Å². The molecule has 0 aromatic heterocycles. The second-order valence-electron chi connectivity index (χ2n) is 6.70. The molecule has 1 N–H and O–H groups in total. The van der Waals surface area contributed by atoms with Crippen LogP contribution < -0.4 is 5.32 Å². The van der Waals surface area contributed by atoms with E-state index in [1.165, 1.54) is 6.26 Å². The lowest BCUT2D eigenvalue weighted by molar-refractivity contribution is -0.131. The van der Waals surface area contributed by atoms with Crippen molar-refractivity contribution >= 4 is 9.84 Å². The van der Waals surface area contributed by atoms with Crippen LogP contribution in [0, 0.1) is 0 Å². The van der Waals surface area contributed by atoms with E-state index < -0.39 is 9.84 Å². The lowest BCUT2D eigenvalue weighted by atomic mass is 9.97. The average molecular weight is 305 g/mol. The summed E-state index contributed by atoms with van der Waals surface area (Å²) in [6, 6.07) is 0. The molecule has 2 rings (SSSR count). The summed E-state index contributed by atoms with van der Waals surface area (Å²) in [6.45, 7) is 6.31. The first-order valence-corrected chi connectivity index (χ1v) is 9.41. The maximum atomic E-state index is 11.6.